The van der Waals surface area contributed by atoms with Crippen LogP contribution in [0.25, 0.3) is 0 Å². The van der Waals surface area contributed by atoms with Gasteiger partial charge in [0.25, 0.3) is 0 Å². The topological polar surface area (TPSA) is 9.23 Å². The molecule has 0 saturated heterocycles. The quantitative estimate of drug-likeness (QED) is 0.701. The van der Waals surface area contributed by atoms with E-state index in [9.17, 15) is 0 Å². The van der Waals surface area contributed by atoms with E-state index < -0.39 is 0 Å². The molecule has 1 nitrogen and oxygen atoms in total. The Labute approximate surface area is 99.9 Å². The normalized spacial score (nSPS) is 45.6. The zero-order valence-electron chi connectivity index (χ0n) is 10.9. The van der Waals surface area contributed by atoms with Crippen molar-refractivity contribution in [3.63, 3.8) is 0 Å². The van der Waals surface area contributed by atoms with Gasteiger partial charge in [-0.3, -0.25) is 0 Å². The van der Waals surface area contributed by atoms with Crippen LogP contribution in [0.4, 0.5) is 0 Å². The van der Waals surface area contributed by atoms with E-state index in [2.05, 4.69) is 13.8 Å². The standard InChI is InChI=1S/C15H26O/c1-11(2)9-16-10-15-6-12-3-13(7-15)5-14(4-12)8-15/h11-14H,3-10H2,1-2H3. The Hall–Kier alpha value is -0.0400. The van der Waals surface area contributed by atoms with E-state index in [-0.39, 0.29) is 0 Å². The number of hydrogen-bond donors (Lipinski definition) is 0. The van der Waals surface area contributed by atoms with Crippen LogP contribution in [0.3, 0.4) is 0 Å². The first-order chi connectivity index (χ1) is 7.65. The summed E-state index contributed by atoms with van der Waals surface area (Å²) in [6.07, 6.45) is 9.08. The highest BCUT2D eigenvalue weighted by Gasteiger charge is 2.50. The van der Waals surface area contributed by atoms with E-state index in [0.29, 0.717) is 11.3 Å². The van der Waals surface area contributed by atoms with Crippen LogP contribution in [-0.2, 0) is 4.74 Å². The molecule has 4 bridgehead atoms. The summed E-state index contributed by atoms with van der Waals surface area (Å²) in [5.74, 6) is 3.88. The van der Waals surface area contributed by atoms with Crippen molar-refractivity contribution >= 4 is 0 Å². The van der Waals surface area contributed by atoms with Gasteiger partial charge in [-0.15, -0.1) is 0 Å². The maximum Gasteiger partial charge on any atom is 0.0522 e. The molecule has 0 aliphatic heterocycles. The van der Waals surface area contributed by atoms with Crippen LogP contribution in [0, 0.1) is 29.1 Å². The van der Waals surface area contributed by atoms with E-state index in [1.807, 2.05) is 0 Å². The van der Waals surface area contributed by atoms with Gasteiger partial charge in [-0.2, -0.15) is 0 Å². The Morgan fingerprint density at radius 3 is 1.94 bits per heavy atom. The third kappa shape index (κ3) is 2.03. The molecule has 0 radical (unpaired) electrons. The van der Waals surface area contributed by atoms with Gasteiger partial charge in [0, 0.05) is 6.61 Å². The van der Waals surface area contributed by atoms with E-state index in [4.69, 9.17) is 4.74 Å². The predicted octanol–water partition coefficient (Wildman–Crippen LogP) is 3.88. The van der Waals surface area contributed by atoms with Gasteiger partial charge in [0.05, 0.1) is 6.61 Å². The fourth-order valence-electron chi connectivity index (χ4n) is 4.98. The van der Waals surface area contributed by atoms with Crippen molar-refractivity contribution in [2.45, 2.75) is 52.4 Å². The maximum atomic E-state index is 5.98. The molecule has 1 heteroatoms. The van der Waals surface area contributed by atoms with Crippen LogP contribution in [0.1, 0.15) is 52.4 Å². The van der Waals surface area contributed by atoms with Crippen LogP contribution in [0.2, 0.25) is 0 Å². The Morgan fingerprint density at radius 2 is 1.50 bits per heavy atom. The van der Waals surface area contributed by atoms with Gasteiger partial charge in [-0.05, 0) is 67.6 Å². The Bertz CT molecular complexity index is 221. The minimum absolute atomic E-state index is 0.615. The highest BCUT2D eigenvalue weighted by Crippen LogP contribution is 2.59. The van der Waals surface area contributed by atoms with Crippen molar-refractivity contribution in [3.8, 4) is 0 Å². The lowest BCUT2D eigenvalue weighted by atomic mass is 9.50. The zero-order valence-corrected chi connectivity index (χ0v) is 10.9. The molecule has 4 fully saturated rings. The predicted molar refractivity (Wildman–Crippen MR) is 66.3 cm³/mol. The molecular formula is C15H26O. The molecule has 0 N–H and O–H groups in total. The SMILES string of the molecule is CC(C)COCC12CC3CC(CC(C3)C1)C2. The summed E-state index contributed by atoms with van der Waals surface area (Å²) in [7, 11) is 0. The molecule has 4 rings (SSSR count). The van der Waals surface area contributed by atoms with Crippen molar-refractivity contribution in [2.75, 3.05) is 13.2 Å². The largest absolute Gasteiger partial charge is 0.381 e. The summed E-state index contributed by atoms with van der Waals surface area (Å²) in [5.41, 5.74) is 0.615. The molecule has 0 atom stereocenters. The number of ether oxygens (including phenoxy) is 1. The molecule has 92 valence electrons. The van der Waals surface area contributed by atoms with Gasteiger partial charge in [0.2, 0.25) is 0 Å². The van der Waals surface area contributed by atoms with Crippen molar-refractivity contribution in [2.24, 2.45) is 29.1 Å². The molecule has 0 unspecified atom stereocenters. The molecule has 0 aromatic rings. The second-order valence-corrected chi connectivity index (χ2v) is 7.33. The van der Waals surface area contributed by atoms with Crippen LogP contribution in [0.15, 0.2) is 0 Å². The minimum atomic E-state index is 0.615. The fraction of sp³-hybridized carbons (Fsp3) is 1.00. The van der Waals surface area contributed by atoms with E-state index >= 15 is 0 Å². The number of rotatable bonds is 4. The third-order valence-electron chi connectivity index (χ3n) is 5.02. The van der Waals surface area contributed by atoms with Crippen LogP contribution < -0.4 is 0 Å². The van der Waals surface area contributed by atoms with Crippen molar-refractivity contribution in [1.82, 2.24) is 0 Å². The minimum Gasteiger partial charge on any atom is -0.381 e. The summed E-state index contributed by atoms with van der Waals surface area (Å²) in [4.78, 5) is 0. The smallest absolute Gasteiger partial charge is 0.0522 e. The Morgan fingerprint density at radius 1 is 1.00 bits per heavy atom. The van der Waals surface area contributed by atoms with Gasteiger partial charge < -0.3 is 4.74 Å². The lowest BCUT2D eigenvalue weighted by Crippen LogP contribution is -2.48. The van der Waals surface area contributed by atoms with Crippen LogP contribution in [0.5, 0.6) is 0 Å². The van der Waals surface area contributed by atoms with Crippen LogP contribution >= 0.6 is 0 Å². The second-order valence-electron chi connectivity index (χ2n) is 7.33. The first-order valence-corrected chi connectivity index (χ1v) is 7.23. The van der Waals surface area contributed by atoms with Gasteiger partial charge >= 0.3 is 0 Å². The zero-order chi connectivity index (χ0) is 11.2. The summed E-state index contributed by atoms with van der Waals surface area (Å²) in [5, 5.41) is 0. The fourth-order valence-corrected chi connectivity index (χ4v) is 4.98. The highest BCUT2D eigenvalue weighted by molar-refractivity contribution is 5.01. The molecule has 16 heavy (non-hydrogen) atoms. The molecule has 0 spiro atoms. The van der Waals surface area contributed by atoms with Gasteiger partial charge in [0.1, 0.15) is 0 Å². The van der Waals surface area contributed by atoms with Gasteiger partial charge in [0.15, 0.2) is 0 Å². The summed E-state index contributed by atoms with van der Waals surface area (Å²) in [6.45, 7) is 6.52. The Kier molecular flexibility index (Phi) is 2.78. The second kappa shape index (κ2) is 4.01. The lowest BCUT2D eigenvalue weighted by Gasteiger charge is -2.56. The first-order valence-electron chi connectivity index (χ1n) is 7.23. The molecule has 0 aromatic carbocycles. The Balaban J connectivity index is 1.60. The molecule has 0 aromatic heterocycles. The first kappa shape index (κ1) is 11.1. The summed E-state index contributed by atoms with van der Waals surface area (Å²) >= 11 is 0. The van der Waals surface area contributed by atoms with E-state index in [1.54, 1.807) is 19.3 Å². The monoisotopic (exact) mass is 222 g/mol. The van der Waals surface area contributed by atoms with Crippen molar-refractivity contribution in [1.29, 1.82) is 0 Å². The number of hydrogen-bond acceptors (Lipinski definition) is 1. The maximum absolute atomic E-state index is 5.98. The molecule has 4 aliphatic carbocycles. The van der Waals surface area contributed by atoms with E-state index in [0.717, 1.165) is 31.0 Å². The van der Waals surface area contributed by atoms with E-state index in [1.165, 1.54) is 19.3 Å². The lowest BCUT2D eigenvalue weighted by molar-refractivity contribution is -0.0990. The summed E-state index contributed by atoms with van der Waals surface area (Å²) < 4.78 is 5.98. The molecule has 4 saturated carbocycles. The summed E-state index contributed by atoms with van der Waals surface area (Å²) in [6, 6.07) is 0. The average molecular weight is 222 g/mol. The van der Waals surface area contributed by atoms with Gasteiger partial charge in [-0.1, -0.05) is 13.8 Å². The molecule has 0 amide bonds. The van der Waals surface area contributed by atoms with Crippen molar-refractivity contribution in [3.05, 3.63) is 0 Å². The highest BCUT2D eigenvalue weighted by atomic mass is 16.5. The molecular weight excluding hydrogens is 196 g/mol. The molecule has 0 heterocycles. The average Bonchev–Trinajstić information content (AvgIpc) is 2.13. The third-order valence-corrected chi connectivity index (χ3v) is 5.02. The van der Waals surface area contributed by atoms with Crippen LogP contribution in [-0.4, -0.2) is 13.2 Å². The van der Waals surface area contributed by atoms with Gasteiger partial charge in [-0.25, -0.2) is 0 Å². The van der Waals surface area contributed by atoms with Crippen molar-refractivity contribution < 1.29 is 4.74 Å². The molecule has 4 aliphatic rings.